The van der Waals surface area contributed by atoms with Crippen molar-refractivity contribution in [2.75, 3.05) is 26.2 Å². The number of nitrogens with zero attached hydrogens (tertiary/aromatic N) is 3. The van der Waals surface area contributed by atoms with E-state index in [2.05, 4.69) is 10.3 Å². The largest absolute Gasteiger partial charge is 0.372 e. The van der Waals surface area contributed by atoms with Gasteiger partial charge in [0.1, 0.15) is 0 Å². The van der Waals surface area contributed by atoms with E-state index in [0.717, 1.165) is 44.5 Å². The van der Waals surface area contributed by atoms with Crippen molar-refractivity contribution in [3.63, 3.8) is 0 Å². The van der Waals surface area contributed by atoms with Crippen molar-refractivity contribution in [2.45, 2.75) is 51.4 Å². The lowest BCUT2D eigenvalue weighted by atomic mass is 10.0. The number of likely N-dealkylation sites (tertiary alicyclic amines) is 2. The van der Waals surface area contributed by atoms with Crippen molar-refractivity contribution in [2.24, 2.45) is 0 Å². The number of hydrogen-bond acceptors (Lipinski definition) is 4. The molecule has 0 aliphatic carbocycles. The lowest BCUT2D eigenvalue weighted by Gasteiger charge is -2.35. The fourth-order valence-corrected chi connectivity index (χ4v) is 3.52. The third-order valence-corrected chi connectivity index (χ3v) is 5.19. The van der Waals surface area contributed by atoms with Crippen LogP contribution in [0.2, 0.25) is 0 Å². The van der Waals surface area contributed by atoms with Crippen molar-refractivity contribution in [3.8, 4) is 0 Å². The molecular weight excluding hydrogens is 332 g/mol. The molecule has 0 spiro atoms. The number of nitrogens with one attached hydrogen (secondary N) is 1. The first kappa shape index (κ1) is 18.6. The summed E-state index contributed by atoms with van der Waals surface area (Å²) < 4.78 is 5.92. The fraction of sp³-hybridized carbons (Fsp3) is 0.632. The molecule has 3 heterocycles. The average Bonchev–Trinajstić information content (AvgIpc) is 2.68. The van der Waals surface area contributed by atoms with E-state index in [-0.39, 0.29) is 24.1 Å². The summed E-state index contributed by atoms with van der Waals surface area (Å²) in [6.45, 7) is 4.99. The van der Waals surface area contributed by atoms with Crippen LogP contribution in [0.5, 0.6) is 0 Å². The van der Waals surface area contributed by atoms with Crippen molar-refractivity contribution < 1.29 is 14.3 Å². The van der Waals surface area contributed by atoms with E-state index < -0.39 is 0 Å². The number of amides is 3. The molecule has 2 aliphatic rings. The van der Waals surface area contributed by atoms with Crippen LogP contribution in [0.4, 0.5) is 4.79 Å². The topological polar surface area (TPSA) is 74.8 Å². The Hall–Kier alpha value is -2.15. The molecule has 1 aromatic rings. The van der Waals surface area contributed by atoms with Gasteiger partial charge in [0.2, 0.25) is 5.91 Å². The van der Waals surface area contributed by atoms with E-state index in [1.807, 2.05) is 28.0 Å². The summed E-state index contributed by atoms with van der Waals surface area (Å²) >= 11 is 0. The second-order valence-electron chi connectivity index (χ2n) is 7.05. The number of carbonyl (C=O) groups is 2. The van der Waals surface area contributed by atoms with E-state index in [0.29, 0.717) is 19.7 Å². The van der Waals surface area contributed by atoms with Gasteiger partial charge in [-0.2, -0.15) is 0 Å². The Morgan fingerprint density at radius 1 is 1.12 bits per heavy atom. The number of ether oxygens (including phenoxy) is 1. The summed E-state index contributed by atoms with van der Waals surface area (Å²) in [5, 5.41) is 3.12. The lowest BCUT2D eigenvalue weighted by Crippen LogP contribution is -2.52. The Morgan fingerprint density at radius 2 is 1.81 bits per heavy atom. The normalized spacial score (nSPS) is 19.4. The van der Waals surface area contributed by atoms with Gasteiger partial charge in [0.15, 0.2) is 0 Å². The minimum absolute atomic E-state index is 0.00875. The highest BCUT2D eigenvalue weighted by Gasteiger charge is 2.27. The quantitative estimate of drug-likeness (QED) is 0.888. The van der Waals surface area contributed by atoms with E-state index in [1.54, 1.807) is 13.1 Å². The van der Waals surface area contributed by atoms with Crippen LogP contribution in [-0.4, -0.2) is 65.0 Å². The summed E-state index contributed by atoms with van der Waals surface area (Å²) in [6, 6.07) is 5.98. The highest BCUT2D eigenvalue weighted by atomic mass is 16.5. The number of urea groups is 1. The van der Waals surface area contributed by atoms with Crippen LogP contribution in [0.15, 0.2) is 24.4 Å². The van der Waals surface area contributed by atoms with Crippen LogP contribution in [-0.2, 0) is 16.1 Å². The maximum Gasteiger partial charge on any atom is 0.317 e. The maximum atomic E-state index is 12.5. The Labute approximate surface area is 154 Å². The standard InChI is InChI=1S/C19H28N4O3/c1-15(24)22-10-5-16(6-11-22)21-19(25)23-12-7-18(8-13-23)26-14-17-4-2-3-9-20-17/h2-4,9,16,18H,5-8,10-14H2,1H3,(H,21,25). The molecule has 7 nitrogen and oxygen atoms in total. The summed E-state index contributed by atoms with van der Waals surface area (Å²) in [5.41, 5.74) is 0.935. The van der Waals surface area contributed by atoms with Gasteiger partial charge in [0, 0.05) is 45.3 Å². The lowest BCUT2D eigenvalue weighted by molar-refractivity contribution is -0.129. The van der Waals surface area contributed by atoms with Gasteiger partial charge < -0.3 is 19.9 Å². The summed E-state index contributed by atoms with van der Waals surface area (Å²) in [5.74, 6) is 0.113. The van der Waals surface area contributed by atoms with Gasteiger partial charge in [-0.05, 0) is 37.8 Å². The molecule has 26 heavy (non-hydrogen) atoms. The van der Waals surface area contributed by atoms with E-state index in [9.17, 15) is 9.59 Å². The Morgan fingerprint density at radius 3 is 2.42 bits per heavy atom. The first-order chi connectivity index (χ1) is 12.6. The molecule has 142 valence electrons. The van der Waals surface area contributed by atoms with Crippen molar-refractivity contribution >= 4 is 11.9 Å². The predicted molar refractivity (Wildman–Crippen MR) is 97.4 cm³/mol. The van der Waals surface area contributed by atoms with Crippen LogP contribution < -0.4 is 5.32 Å². The summed E-state index contributed by atoms with van der Waals surface area (Å²) in [6.07, 6.45) is 5.31. The molecule has 0 saturated carbocycles. The highest BCUT2D eigenvalue weighted by molar-refractivity contribution is 5.75. The van der Waals surface area contributed by atoms with Gasteiger partial charge in [-0.3, -0.25) is 9.78 Å². The van der Waals surface area contributed by atoms with Crippen LogP contribution in [0, 0.1) is 0 Å². The molecule has 1 aromatic heterocycles. The minimum atomic E-state index is 0.00875. The zero-order valence-electron chi connectivity index (χ0n) is 15.4. The zero-order chi connectivity index (χ0) is 18.4. The molecule has 0 bridgehead atoms. The molecule has 7 heteroatoms. The fourth-order valence-electron chi connectivity index (χ4n) is 3.52. The van der Waals surface area contributed by atoms with Gasteiger partial charge in [0.25, 0.3) is 0 Å². The van der Waals surface area contributed by atoms with Crippen LogP contribution >= 0.6 is 0 Å². The smallest absolute Gasteiger partial charge is 0.317 e. The number of aromatic nitrogens is 1. The molecular formula is C19H28N4O3. The molecule has 0 atom stereocenters. The Balaban J connectivity index is 1.35. The van der Waals surface area contributed by atoms with Crippen LogP contribution in [0.1, 0.15) is 38.3 Å². The minimum Gasteiger partial charge on any atom is -0.372 e. The van der Waals surface area contributed by atoms with Crippen molar-refractivity contribution in [3.05, 3.63) is 30.1 Å². The first-order valence-electron chi connectivity index (χ1n) is 9.44. The summed E-state index contributed by atoms with van der Waals surface area (Å²) in [7, 11) is 0. The maximum absolute atomic E-state index is 12.5. The molecule has 3 amide bonds. The van der Waals surface area contributed by atoms with Crippen LogP contribution in [0.3, 0.4) is 0 Å². The molecule has 2 fully saturated rings. The molecule has 2 saturated heterocycles. The second kappa shape index (κ2) is 8.98. The highest BCUT2D eigenvalue weighted by Crippen LogP contribution is 2.16. The summed E-state index contributed by atoms with van der Waals surface area (Å²) in [4.78, 5) is 31.8. The third kappa shape index (κ3) is 5.17. The number of rotatable bonds is 4. The van der Waals surface area contributed by atoms with Gasteiger partial charge in [0.05, 0.1) is 18.4 Å². The van der Waals surface area contributed by atoms with Crippen molar-refractivity contribution in [1.82, 2.24) is 20.1 Å². The van der Waals surface area contributed by atoms with Gasteiger partial charge in [-0.15, -0.1) is 0 Å². The Bertz CT molecular complexity index is 594. The van der Waals surface area contributed by atoms with E-state index in [1.165, 1.54) is 0 Å². The zero-order valence-corrected chi connectivity index (χ0v) is 15.4. The molecule has 0 aromatic carbocycles. The predicted octanol–water partition coefficient (Wildman–Crippen LogP) is 1.78. The number of hydrogen-bond donors (Lipinski definition) is 1. The van der Waals surface area contributed by atoms with E-state index in [4.69, 9.17) is 4.74 Å². The Kier molecular flexibility index (Phi) is 6.44. The van der Waals surface area contributed by atoms with Crippen molar-refractivity contribution in [1.29, 1.82) is 0 Å². The molecule has 0 radical (unpaired) electrons. The van der Waals surface area contributed by atoms with Crippen LogP contribution in [0.25, 0.3) is 0 Å². The van der Waals surface area contributed by atoms with Gasteiger partial charge in [-0.25, -0.2) is 4.79 Å². The van der Waals surface area contributed by atoms with Gasteiger partial charge in [-0.1, -0.05) is 6.07 Å². The molecule has 1 N–H and O–H groups in total. The number of pyridine rings is 1. The number of carbonyl (C=O) groups excluding carboxylic acids is 2. The molecule has 0 unspecified atom stereocenters. The monoisotopic (exact) mass is 360 g/mol. The first-order valence-corrected chi connectivity index (χ1v) is 9.44. The van der Waals surface area contributed by atoms with Gasteiger partial charge >= 0.3 is 6.03 Å². The average molecular weight is 360 g/mol. The number of piperidine rings is 2. The SMILES string of the molecule is CC(=O)N1CCC(NC(=O)N2CCC(OCc3ccccn3)CC2)CC1. The third-order valence-electron chi connectivity index (χ3n) is 5.19. The molecule has 3 rings (SSSR count). The molecule has 2 aliphatic heterocycles. The second-order valence-corrected chi connectivity index (χ2v) is 7.05. The van der Waals surface area contributed by atoms with E-state index >= 15 is 0 Å².